The topological polar surface area (TPSA) is 67.9 Å². The van der Waals surface area contributed by atoms with Crippen LogP contribution >= 0.6 is 11.6 Å². The van der Waals surface area contributed by atoms with Gasteiger partial charge in [0.1, 0.15) is 5.65 Å². The van der Waals surface area contributed by atoms with Crippen molar-refractivity contribution in [2.75, 3.05) is 6.61 Å². The Morgan fingerprint density at radius 2 is 2.11 bits per heavy atom. The highest BCUT2D eigenvalue weighted by atomic mass is 35.5. The molecule has 1 aromatic carbocycles. The third kappa shape index (κ3) is 3.12. The summed E-state index contributed by atoms with van der Waals surface area (Å²) in [6.07, 6.45) is 6.58. The number of aromatic amines is 1. The summed E-state index contributed by atoms with van der Waals surface area (Å²) in [5, 5.41) is 0.598. The molecule has 4 aromatic rings. The van der Waals surface area contributed by atoms with E-state index in [1.807, 2.05) is 18.2 Å². The first kappa shape index (κ1) is 18.1. The van der Waals surface area contributed by atoms with E-state index in [0.717, 1.165) is 11.1 Å². The Bertz CT molecular complexity index is 1180. The Labute approximate surface area is 165 Å². The molecule has 0 fully saturated rings. The van der Waals surface area contributed by atoms with Gasteiger partial charge in [-0.2, -0.15) is 0 Å². The lowest BCUT2D eigenvalue weighted by atomic mass is 10.0. The third-order valence-electron chi connectivity index (χ3n) is 4.35. The van der Waals surface area contributed by atoms with Crippen molar-refractivity contribution in [2.45, 2.75) is 6.92 Å². The zero-order chi connectivity index (χ0) is 19.7. The number of fused-ring (bicyclic) bond motifs is 1. The molecule has 28 heavy (non-hydrogen) atoms. The fourth-order valence-electron chi connectivity index (χ4n) is 3.03. The molecule has 1 N–H and O–H groups in total. The minimum absolute atomic E-state index is 0.00994. The van der Waals surface area contributed by atoms with Gasteiger partial charge in [-0.3, -0.25) is 9.78 Å². The number of halogens is 2. The van der Waals surface area contributed by atoms with Crippen molar-refractivity contribution in [3.8, 4) is 16.9 Å². The Balaban J connectivity index is 1.84. The highest BCUT2D eigenvalue weighted by Gasteiger charge is 2.24. The average Bonchev–Trinajstić information content (AvgIpc) is 3.14. The van der Waals surface area contributed by atoms with Crippen molar-refractivity contribution in [2.24, 2.45) is 0 Å². The molecule has 140 valence electrons. The molecule has 3 aromatic heterocycles. The van der Waals surface area contributed by atoms with Crippen LogP contribution in [-0.2, 0) is 0 Å². The highest BCUT2D eigenvalue weighted by molar-refractivity contribution is 6.35. The van der Waals surface area contributed by atoms with E-state index in [-0.39, 0.29) is 28.5 Å². The maximum absolute atomic E-state index is 14.8. The minimum Gasteiger partial charge on any atom is -0.491 e. The SMILES string of the molecule is CCOc1ccc(Cl)c(C(=O)c2c[nH]c3ncc(-c4cccnc4)cc23)c1F. The van der Waals surface area contributed by atoms with Crippen molar-refractivity contribution in [3.63, 3.8) is 0 Å². The number of H-pyrrole nitrogens is 1. The smallest absolute Gasteiger partial charge is 0.199 e. The maximum Gasteiger partial charge on any atom is 0.199 e. The van der Waals surface area contributed by atoms with E-state index >= 15 is 0 Å². The number of ether oxygens (including phenoxy) is 1. The summed E-state index contributed by atoms with van der Waals surface area (Å²) in [5.41, 5.74) is 2.24. The summed E-state index contributed by atoms with van der Waals surface area (Å²) in [6.45, 7) is 2.01. The molecule has 0 radical (unpaired) electrons. The molecule has 0 saturated carbocycles. The predicted molar refractivity (Wildman–Crippen MR) is 105 cm³/mol. The first-order valence-corrected chi connectivity index (χ1v) is 9.01. The molecule has 0 aliphatic heterocycles. The van der Waals surface area contributed by atoms with Gasteiger partial charge in [-0.25, -0.2) is 9.37 Å². The van der Waals surface area contributed by atoms with E-state index in [1.54, 1.807) is 25.5 Å². The van der Waals surface area contributed by atoms with E-state index < -0.39 is 11.6 Å². The number of ketones is 1. The molecular weight excluding hydrogens is 381 g/mol. The van der Waals surface area contributed by atoms with Gasteiger partial charge in [0, 0.05) is 46.9 Å². The van der Waals surface area contributed by atoms with Crippen molar-refractivity contribution < 1.29 is 13.9 Å². The molecule has 0 spiro atoms. The summed E-state index contributed by atoms with van der Waals surface area (Å²) in [5.74, 6) is -1.32. The first-order valence-electron chi connectivity index (χ1n) is 8.63. The molecule has 0 aliphatic rings. The number of carbonyl (C=O) groups excluding carboxylic acids is 1. The lowest BCUT2D eigenvalue weighted by Gasteiger charge is -2.10. The van der Waals surface area contributed by atoms with Gasteiger partial charge >= 0.3 is 0 Å². The molecule has 0 unspecified atom stereocenters. The molecule has 0 bridgehead atoms. The largest absolute Gasteiger partial charge is 0.491 e. The van der Waals surface area contributed by atoms with Crippen LogP contribution in [0.2, 0.25) is 5.02 Å². The Morgan fingerprint density at radius 3 is 2.86 bits per heavy atom. The number of aromatic nitrogens is 3. The van der Waals surface area contributed by atoms with Gasteiger partial charge in [0.15, 0.2) is 17.3 Å². The number of rotatable bonds is 5. The summed E-state index contributed by atoms with van der Waals surface area (Å²) in [4.78, 5) is 24.5. The molecule has 4 rings (SSSR count). The number of nitrogens with one attached hydrogen (secondary N) is 1. The van der Waals surface area contributed by atoms with Gasteiger partial charge in [-0.05, 0) is 31.2 Å². The first-order chi connectivity index (χ1) is 13.6. The molecule has 0 aliphatic carbocycles. The number of benzene rings is 1. The molecule has 0 atom stereocenters. The highest BCUT2D eigenvalue weighted by Crippen LogP contribution is 2.32. The van der Waals surface area contributed by atoms with Crippen LogP contribution < -0.4 is 4.74 Å². The van der Waals surface area contributed by atoms with Gasteiger partial charge in [-0.1, -0.05) is 17.7 Å². The number of hydrogen-bond acceptors (Lipinski definition) is 4. The zero-order valence-electron chi connectivity index (χ0n) is 14.9. The van der Waals surface area contributed by atoms with Gasteiger partial charge in [0.25, 0.3) is 0 Å². The molecule has 0 amide bonds. The molecular formula is C21H15ClFN3O2. The molecule has 0 saturated heterocycles. The van der Waals surface area contributed by atoms with E-state index in [4.69, 9.17) is 16.3 Å². The van der Waals surface area contributed by atoms with Crippen LogP contribution in [0.5, 0.6) is 5.75 Å². The van der Waals surface area contributed by atoms with E-state index in [0.29, 0.717) is 11.0 Å². The minimum atomic E-state index is -0.773. The van der Waals surface area contributed by atoms with Gasteiger partial charge in [-0.15, -0.1) is 0 Å². The zero-order valence-corrected chi connectivity index (χ0v) is 15.6. The summed E-state index contributed by atoms with van der Waals surface area (Å²) in [6, 6.07) is 8.40. The van der Waals surface area contributed by atoms with Crippen LogP contribution in [0.15, 0.2) is 55.1 Å². The van der Waals surface area contributed by atoms with E-state index in [9.17, 15) is 9.18 Å². The fourth-order valence-corrected chi connectivity index (χ4v) is 3.26. The molecule has 5 nitrogen and oxygen atoms in total. The second-order valence-corrected chi connectivity index (χ2v) is 6.47. The number of hydrogen-bond donors (Lipinski definition) is 1. The fraction of sp³-hybridized carbons (Fsp3) is 0.0952. The standard InChI is InChI=1S/C21H15ClFN3O2/c1-2-28-17-6-5-16(22)18(19(17)23)20(27)15-11-26-21-14(15)8-13(10-25-21)12-4-3-7-24-9-12/h3-11H,2H2,1H3,(H,25,26). The maximum atomic E-state index is 14.8. The third-order valence-corrected chi connectivity index (χ3v) is 4.67. The van der Waals surface area contributed by atoms with Crippen LogP contribution in [0, 0.1) is 5.82 Å². The van der Waals surface area contributed by atoms with Crippen LogP contribution in [0.4, 0.5) is 4.39 Å². The van der Waals surface area contributed by atoms with Crippen LogP contribution in [0.1, 0.15) is 22.8 Å². The van der Waals surface area contributed by atoms with Gasteiger partial charge < -0.3 is 9.72 Å². The summed E-state index contributed by atoms with van der Waals surface area (Å²) in [7, 11) is 0. The predicted octanol–water partition coefficient (Wildman–Crippen LogP) is 5.05. The normalized spacial score (nSPS) is 11.0. The monoisotopic (exact) mass is 395 g/mol. The lowest BCUT2D eigenvalue weighted by molar-refractivity contribution is 0.103. The van der Waals surface area contributed by atoms with Crippen molar-refractivity contribution >= 4 is 28.4 Å². The number of pyridine rings is 2. The Morgan fingerprint density at radius 1 is 1.25 bits per heavy atom. The van der Waals surface area contributed by atoms with Crippen LogP contribution in [0.25, 0.3) is 22.2 Å². The van der Waals surface area contributed by atoms with E-state index in [1.165, 1.54) is 18.3 Å². The summed E-state index contributed by atoms with van der Waals surface area (Å²) < 4.78 is 20.1. The Kier molecular flexibility index (Phi) is 4.79. The Hall–Kier alpha value is -3.25. The van der Waals surface area contributed by atoms with Crippen molar-refractivity contribution in [3.05, 3.63) is 77.1 Å². The summed E-state index contributed by atoms with van der Waals surface area (Å²) >= 11 is 6.14. The number of carbonyl (C=O) groups is 1. The van der Waals surface area contributed by atoms with Crippen LogP contribution in [-0.4, -0.2) is 27.3 Å². The van der Waals surface area contributed by atoms with Gasteiger partial charge in [0.05, 0.1) is 17.2 Å². The number of nitrogens with zero attached hydrogens (tertiary/aromatic N) is 2. The van der Waals surface area contributed by atoms with Crippen molar-refractivity contribution in [1.82, 2.24) is 15.0 Å². The van der Waals surface area contributed by atoms with Crippen molar-refractivity contribution in [1.29, 1.82) is 0 Å². The molecule has 7 heteroatoms. The second kappa shape index (κ2) is 7.40. The second-order valence-electron chi connectivity index (χ2n) is 6.06. The molecule has 3 heterocycles. The van der Waals surface area contributed by atoms with Crippen LogP contribution in [0.3, 0.4) is 0 Å². The van der Waals surface area contributed by atoms with E-state index in [2.05, 4.69) is 15.0 Å². The lowest BCUT2D eigenvalue weighted by Crippen LogP contribution is -2.07. The average molecular weight is 396 g/mol. The van der Waals surface area contributed by atoms with Gasteiger partial charge in [0.2, 0.25) is 0 Å². The quantitative estimate of drug-likeness (QED) is 0.480.